The SMILES string of the molecule is C[C@]1(O)COC2(CCN(C(=O)c3cccc(OCCCN)c3)CC2)C[C@@H]1n1cnc2c(N)nc(N)nc21. The number of hydrogen-bond donors (Lipinski definition) is 4. The van der Waals surface area contributed by atoms with Crippen LogP contribution in [-0.2, 0) is 4.74 Å². The minimum absolute atomic E-state index is 0.0401. The van der Waals surface area contributed by atoms with E-state index in [1.807, 2.05) is 21.6 Å². The Kier molecular flexibility index (Phi) is 6.65. The van der Waals surface area contributed by atoms with Crippen molar-refractivity contribution >= 4 is 28.8 Å². The fraction of sp³-hybridized carbons (Fsp3) is 0.520. The Bertz CT molecular complexity index is 1280. The Balaban J connectivity index is 1.30. The van der Waals surface area contributed by atoms with Crippen molar-refractivity contribution in [3.8, 4) is 5.75 Å². The molecule has 0 bridgehead atoms. The van der Waals surface area contributed by atoms with Gasteiger partial charge in [-0.2, -0.15) is 9.97 Å². The molecule has 1 spiro atoms. The van der Waals surface area contributed by atoms with E-state index in [0.717, 1.165) is 6.42 Å². The lowest BCUT2D eigenvalue weighted by Gasteiger charge is -2.51. The molecule has 0 aliphatic carbocycles. The van der Waals surface area contributed by atoms with Gasteiger partial charge in [-0.1, -0.05) is 6.07 Å². The quantitative estimate of drug-likeness (QED) is 0.351. The van der Waals surface area contributed by atoms with Crippen molar-refractivity contribution in [2.45, 2.75) is 49.9 Å². The number of fused-ring (bicyclic) bond motifs is 1. The van der Waals surface area contributed by atoms with Crippen molar-refractivity contribution in [1.29, 1.82) is 0 Å². The maximum atomic E-state index is 13.2. The summed E-state index contributed by atoms with van der Waals surface area (Å²) in [5.74, 6) is 0.866. The molecule has 3 aromatic rings. The first kappa shape index (κ1) is 25.2. The van der Waals surface area contributed by atoms with Gasteiger partial charge in [-0.3, -0.25) is 4.79 Å². The van der Waals surface area contributed by atoms with Crippen LogP contribution in [0.3, 0.4) is 0 Å². The molecule has 2 fully saturated rings. The van der Waals surface area contributed by atoms with E-state index >= 15 is 0 Å². The molecule has 2 atom stereocenters. The van der Waals surface area contributed by atoms with Crippen molar-refractivity contribution < 1.29 is 19.4 Å². The van der Waals surface area contributed by atoms with Crippen LogP contribution in [0, 0.1) is 0 Å². The van der Waals surface area contributed by atoms with E-state index in [0.29, 0.717) is 68.0 Å². The average Bonchev–Trinajstić information content (AvgIpc) is 3.30. The van der Waals surface area contributed by atoms with Crippen molar-refractivity contribution in [3.63, 3.8) is 0 Å². The number of carbonyl (C=O) groups is 1. The molecule has 4 heterocycles. The van der Waals surface area contributed by atoms with Crippen LogP contribution < -0.4 is 21.9 Å². The van der Waals surface area contributed by atoms with Gasteiger partial charge in [-0.15, -0.1) is 0 Å². The molecule has 0 radical (unpaired) electrons. The standard InChI is InChI=1S/C25H34N8O4/c1-24(35)14-37-25(13-18(24)33-15-29-19-20(27)30-23(28)31-21(19)33)6-9-32(10-7-25)22(34)16-4-2-5-17(12-16)36-11-3-8-26/h2,4-5,12,15,18,35H,3,6-11,13-14,26H2,1H3,(H4,27,28,30,31)/t18-,24-/m0/s1. The molecule has 2 aromatic heterocycles. The smallest absolute Gasteiger partial charge is 0.253 e. The molecular weight excluding hydrogens is 476 g/mol. The molecule has 0 saturated carbocycles. The molecule has 12 nitrogen and oxygen atoms in total. The van der Waals surface area contributed by atoms with E-state index in [-0.39, 0.29) is 30.3 Å². The van der Waals surface area contributed by atoms with Crippen LogP contribution in [-0.4, -0.2) is 79.5 Å². The number of anilines is 2. The second kappa shape index (κ2) is 9.77. The number of ether oxygens (including phenoxy) is 2. The Labute approximate surface area is 214 Å². The monoisotopic (exact) mass is 510 g/mol. The summed E-state index contributed by atoms with van der Waals surface area (Å²) in [4.78, 5) is 27.8. The highest BCUT2D eigenvalue weighted by Crippen LogP contribution is 2.45. The molecule has 0 unspecified atom stereocenters. The molecule has 37 heavy (non-hydrogen) atoms. The van der Waals surface area contributed by atoms with Gasteiger partial charge >= 0.3 is 0 Å². The van der Waals surface area contributed by atoms with Crippen LogP contribution in [0.25, 0.3) is 11.2 Å². The average molecular weight is 511 g/mol. The third kappa shape index (κ3) is 4.91. The minimum Gasteiger partial charge on any atom is -0.494 e. The van der Waals surface area contributed by atoms with Gasteiger partial charge in [0.15, 0.2) is 11.5 Å². The summed E-state index contributed by atoms with van der Waals surface area (Å²) in [7, 11) is 0. The topological polar surface area (TPSA) is 181 Å². The summed E-state index contributed by atoms with van der Waals surface area (Å²) >= 11 is 0. The Hall–Kier alpha value is -3.48. The molecule has 2 aliphatic heterocycles. The number of likely N-dealkylation sites (tertiary alicyclic amines) is 1. The predicted molar refractivity (Wildman–Crippen MR) is 138 cm³/mol. The number of aromatic nitrogens is 4. The summed E-state index contributed by atoms with van der Waals surface area (Å²) in [5, 5.41) is 11.2. The number of piperidine rings is 1. The number of aliphatic hydroxyl groups is 1. The number of nitrogens with two attached hydrogens (primary N) is 3. The van der Waals surface area contributed by atoms with Crippen LogP contribution in [0.5, 0.6) is 5.75 Å². The second-order valence-electron chi connectivity index (χ2n) is 10.2. The highest BCUT2D eigenvalue weighted by Gasteiger charge is 2.50. The van der Waals surface area contributed by atoms with Crippen molar-refractivity contribution in [3.05, 3.63) is 36.2 Å². The Morgan fingerprint density at radius 3 is 2.81 bits per heavy atom. The van der Waals surface area contributed by atoms with Crippen LogP contribution in [0.2, 0.25) is 0 Å². The van der Waals surface area contributed by atoms with E-state index in [4.69, 9.17) is 26.7 Å². The van der Waals surface area contributed by atoms with Gasteiger partial charge in [0.25, 0.3) is 5.91 Å². The maximum Gasteiger partial charge on any atom is 0.253 e. The number of imidazole rings is 1. The largest absolute Gasteiger partial charge is 0.494 e. The fourth-order valence-electron chi connectivity index (χ4n) is 5.25. The molecule has 1 amide bonds. The molecule has 5 rings (SSSR count). The van der Waals surface area contributed by atoms with Crippen LogP contribution in [0.4, 0.5) is 11.8 Å². The lowest BCUT2D eigenvalue weighted by Crippen LogP contribution is -2.57. The molecule has 198 valence electrons. The van der Waals surface area contributed by atoms with E-state index in [1.54, 1.807) is 25.4 Å². The van der Waals surface area contributed by atoms with E-state index in [2.05, 4.69) is 15.0 Å². The first-order chi connectivity index (χ1) is 17.7. The van der Waals surface area contributed by atoms with Crippen LogP contribution in [0.15, 0.2) is 30.6 Å². The highest BCUT2D eigenvalue weighted by atomic mass is 16.5. The molecule has 12 heteroatoms. The fourth-order valence-corrected chi connectivity index (χ4v) is 5.25. The Morgan fingerprint density at radius 1 is 1.27 bits per heavy atom. The van der Waals surface area contributed by atoms with E-state index in [1.165, 1.54) is 0 Å². The summed E-state index contributed by atoms with van der Waals surface area (Å²) < 4.78 is 13.8. The first-order valence-corrected chi connectivity index (χ1v) is 12.6. The summed E-state index contributed by atoms with van der Waals surface area (Å²) in [6.07, 6.45) is 4.19. The van der Waals surface area contributed by atoms with Gasteiger partial charge in [-0.25, -0.2) is 4.98 Å². The summed E-state index contributed by atoms with van der Waals surface area (Å²) in [6.45, 7) is 4.03. The third-order valence-electron chi connectivity index (χ3n) is 7.42. The highest BCUT2D eigenvalue weighted by molar-refractivity contribution is 5.94. The van der Waals surface area contributed by atoms with E-state index in [9.17, 15) is 9.90 Å². The van der Waals surface area contributed by atoms with Gasteiger partial charge in [0, 0.05) is 25.1 Å². The molecule has 1 aromatic carbocycles. The van der Waals surface area contributed by atoms with Gasteiger partial charge in [0.05, 0.1) is 31.2 Å². The molecular formula is C25H34N8O4. The van der Waals surface area contributed by atoms with Gasteiger partial charge in [0.1, 0.15) is 16.9 Å². The van der Waals surface area contributed by atoms with Gasteiger partial charge in [-0.05, 0) is 50.9 Å². The van der Waals surface area contributed by atoms with Crippen LogP contribution >= 0.6 is 0 Å². The Morgan fingerprint density at radius 2 is 2.05 bits per heavy atom. The number of hydrogen-bond acceptors (Lipinski definition) is 10. The lowest BCUT2D eigenvalue weighted by molar-refractivity contribution is -0.198. The zero-order chi connectivity index (χ0) is 26.2. The van der Waals surface area contributed by atoms with E-state index < -0.39 is 11.2 Å². The molecule has 7 N–H and O–H groups in total. The number of amides is 1. The predicted octanol–water partition coefficient (Wildman–Crippen LogP) is 1.11. The summed E-state index contributed by atoms with van der Waals surface area (Å²) in [5.41, 5.74) is 17.2. The number of rotatable bonds is 6. The number of carbonyl (C=O) groups excluding carboxylic acids is 1. The van der Waals surface area contributed by atoms with Gasteiger partial charge in [0.2, 0.25) is 5.95 Å². The number of benzene rings is 1. The third-order valence-corrected chi connectivity index (χ3v) is 7.42. The van der Waals surface area contributed by atoms with Crippen molar-refractivity contribution in [1.82, 2.24) is 24.4 Å². The summed E-state index contributed by atoms with van der Waals surface area (Å²) in [6, 6.07) is 6.87. The normalized spacial score (nSPS) is 23.4. The first-order valence-electron chi connectivity index (χ1n) is 12.6. The van der Waals surface area contributed by atoms with Crippen molar-refractivity contribution in [2.75, 3.05) is 44.3 Å². The molecule has 2 saturated heterocycles. The number of nitrogen functional groups attached to an aromatic ring is 2. The second-order valence-corrected chi connectivity index (χ2v) is 10.2. The lowest BCUT2D eigenvalue weighted by atomic mass is 9.77. The van der Waals surface area contributed by atoms with Gasteiger partial charge < -0.3 is 41.2 Å². The zero-order valence-electron chi connectivity index (χ0n) is 21.0. The van der Waals surface area contributed by atoms with Crippen LogP contribution in [0.1, 0.15) is 49.0 Å². The zero-order valence-corrected chi connectivity index (χ0v) is 21.0. The van der Waals surface area contributed by atoms with Crippen molar-refractivity contribution in [2.24, 2.45) is 5.73 Å². The minimum atomic E-state index is -1.16. The molecule has 2 aliphatic rings. The maximum absolute atomic E-state index is 13.2. The number of nitrogens with zero attached hydrogens (tertiary/aromatic N) is 5.